The van der Waals surface area contributed by atoms with Crippen LogP contribution >= 0.6 is 0 Å². The number of hydrogen-bond donors (Lipinski definition) is 1. The van der Waals surface area contributed by atoms with Crippen molar-refractivity contribution in [2.24, 2.45) is 0 Å². The van der Waals surface area contributed by atoms with Gasteiger partial charge >= 0.3 is 0 Å². The molecule has 0 spiro atoms. The van der Waals surface area contributed by atoms with E-state index in [1.807, 2.05) is 13.8 Å². The minimum atomic E-state index is 0.127. The van der Waals surface area contributed by atoms with Gasteiger partial charge in [-0.3, -0.25) is 0 Å². The molecule has 1 aromatic carbocycles. The minimum absolute atomic E-state index is 0.127. The van der Waals surface area contributed by atoms with Crippen LogP contribution in [0.15, 0.2) is 36.7 Å². The standard InChI is InChI=1S/C23H32N6O/c1-16(2)30-17(3)29-8-7-18-5-6-19(13-20(18)15-29)21-14-22(26-23(24)25-21)28-11-9-27(4)10-12-28/h5-6,13-14,16H,3,7-12,15H2,1-2,4H3,(H2,24,25,26). The van der Waals surface area contributed by atoms with Gasteiger partial charge in [0.2, 0.25) is 5.95 Å². The summed E-state index contributed by atoms with van der Waals surface area (Å²) in [5.41, 5.74) is 10.7. The fraction of sp³-hybridized carbons (Fsp3) is 0.478. The van der Waals surface area contributed by atoms with E-state index in [0.29, 0.717) is 5.95 Å². The van der Waals surface area contributed by atoms with Crippen molar-refractivity contribution in [1.29, 1.82) is 0 Å². The molecule has 0 bridgehead atoms. The molecule has 1 aromatic heterocycles. The van der Waals surface area contributed by atoms with Gasteiger partial charge in [0.05, 0.1) is 11.8 Å². The summed E-state index contributed by atoms with van der Waals surface area (Å²) in [5.74, 6) is 1.97. The number of nitrogens with two attached hydrogens (primary N) is 1. The summed E-state index contributed by atoms with van der Waals surface area (Å²) in [6, 6.07) is 8.63. The van der Waals surface area contributed by atoms with Crippen LogP contribution in [-0.4, -0.2) is 65.6 Å². The molecule has 0 atom stereocenters. The number of likely N-dealkylation sites (N-methyl/N-ethyl adjacent to an activating group) is 1. The number of nitrogen functional groups attached to an aromatic ring is 1. The molecule has 1 fully saturated rings. The van der Waals surface area contributed by atoms with Gasteiger partial charge in [0.15, 0.2) is 5.88 Å². The zero-order valence-electron chi connectivity index (χ0n) is 18.3. The molecule has 0 aliphatic carbocycles. The van der Waals surface area contributed by atoms with Gasteiger partial charge in [0.25, 0.3) is 0 Å². The van der Waals surface area contributed by atoms with E-state index >= 15 is 0 Å². The molecule has 0 radical (unpaired) electrons. The van der Waals surface area contributed by atoms with E-state index in [0.717, 1.165) is 68.6 Å². The molecule has 2 aliphatic rings. The van der Waals surface area contributed by atoms with Crippen LogP contribution in [-0.2, 0) is 17.7 Å². The highest BCUT2D eigenvalue weighted by Crippen LogP contribution is 2.29. The number of nitrogens with zero attached hydrogens (tertiary/aromatic N) is 5. The lowest BCUT2D eigenvalue weighted by Gasteiger charge is -2.33. The first kappa shape index (κ1) is 20.5. The van der Waals surface area contributed by atoms with Crippen LogP contribution < -0.4 is 10.6 Å². The Hall–Kier alpha value is -2.80. The van der Waals surface area contributed by atoms with Crippen molar-refractivity contribution in [3.05, 3.63) is 47.9 Å². The van der Waals surface area contributed by atoms with Crippen molar-refractivity contribution >= 4 is 11.8 Å². The molecule has 160 valence electrons. The average Bonchev–Trinajstić information content (AvgIpc) is 2.72. The summed E-state index contributed by atoms with van der Waals surface area (Å²) in [7, 11) is 2.15. The van der Waals surface area contributed by atoms with Gasteiger partial charge in [-0.1, -0.05) is 12.1 Å². The summed E-state index contributed by atoms with van der Waals surface area (Å²) in [5, 5.41) is 0. The lowest BCUT2D eigenvalue weighted by Crippen LogP contribution is -2.44. The summed E-state index contributed by atoms with van der Waals surface area (Å²) in [6.45, 7) is 13.8. The Morgan fingerprint density at radius 3 is 2.57 bits per heavy atom. The first-order valence-corrected chi connectivity index (χ1v) is 10.7. The SMILES string of the molecule is C=C(OC(C)C)N1CCc2ccc(-c3cc(N4CCN(C)CC4)nc(N)n3)cc2C1. The third-order valence-electron chi connectivity index (χ3n) is 5.80. The lowest BCUT2D eigenvalue weighted by molar-refractivity contribution is 0.0660. The second-order valence-corrected chi connectivity index (χ2v) is 8.48. The van der Waals surface area contributed by atoms with Crippen molar-refractivity contribution in [3.8, 4) is 11.3 Å². The van der Waals surface area contributed by atoms with E-state index in [4.69, 9.17) is 10.5 Å². The first-order valence-electron chi connectivity index (χ1n) is 10.7. The summed E-state index contributed by atoms with van der Waals surface area (Å²) in [4.78, 5) is 15.8. The van der Waals surface area contributed by atoms with Crippen LogP contribution in [0.3, 0.4) is 0 Å². The third-order valence-corrected chi connectivity index (χ3v) is 5.80. The predicted molar refractivity (Wildman–Crippen MR) is 121 cm³/mol. The Morgan fingerprint density at radius 1 is 1.07 bits per heavy atom. The quantitative estimate of drug-likeness (QED) is 0.763. The van der Waals surface area contributed by atoms with Crippen LogP contribution in [0.5, 0.6) is 0 Å². The molecule has 2 aromatic rings. The Bertz CT molecular complexity index is 920. The highest BCUT2D eigenvalue weighted by atomic mass is 16.5. The molecule has 2 aliphatic heterocycles. The number of ether oxygens (including phenoxy) is 1. The monoisotopic (exact) mass is 408 g/mol. The molecule has 0 saturated carbocycles. The highest BCUT2D eigenvalue weighted by Gasteiger charge is 2.21. The highest BCUT2D eigenvalue weighted by molar-refractivity contribution is 5.66. The summed E-state index contributed by atoms with van der Waals surface area (Å²) >= 11 is 0. The van der Waals surface area contributed by atoms with Crippen LogP contribution in [0.2, 0.25) is 0 Å². The second-order valence-electron chi connectivity index (χ2n) is 8.48. The van der Waals surface area contributed by atoms with Gasteiger partial charge in [-0.15, -0.1) is 0 Å². The topological polar surface area (TPSA) is 70.8 Å². The third kappa shape index (κ3) is 4.51. The zero-order valence-corrected chi connectivity index (χ0v) is 18.3. The molecule has 0 unspecified atom stereocenters. The molecule has 0 amide bonds. The Labute approximate surface area is 179 Å². The van der Waals surface area contributed by atoms with Crippen LogP contribution in [0.4, 0.5) is 11.8 Å². The van der Waals surface area contributed by atoms with E-state index < -0.39 is 0 Å². The number of hydrogen-bond acceptors (Lipinski definition) is 7. The van der Waals surface area contributed by atoms with Crippen molar-refractivity contribution in [3.63, 3.8) is 0 Å². The molecule has 1 saturated heterocycles. The maximum Gasteiger partial charge on any atom is 0.222 e. The Kier molecular flexibility index (Phi) is 5.81. The number of piperazine rings is 1. The van der Waals surface area contributed by atoms with E-state index in [1.165, 1.54) is 11.1 Å². The van der Waals surface area contributed by atoms with Gasteiger partial charge in [-0.05, 0) is 51.1 Å². The zero-order chi connectivity index (χ0) is 21.3. The molecular formula is C23H32N6O. The number of fused-ring (bicyclic) bond motifs is 1. The maximum atomic E-state index is 6.08. The lowest BCUT2D eigenvalue weighted by atomic mass is 9.96. The fourth-order valence-electron chi connectivity index (χ4n) is 4.07. The number of rotatable bonds is 5. The second kappa shape index (κ2) is 8.52. The number of aromatic nitrogens is 2. The largest absolute Gasteiger partial charge is 0.477 e. The van der Waals surface area contributed by atoms with Gasteiger partial charge in [-0.2, -0.15) is 4.98 Å². The van der Waals surface area contributed by atoms with E-state index in [-0.39, 0.29) is 6.10 Å². The van der Waals surface area contributed by atoms with Crippen LogP contribution in [0.25, 0.3) is 11.3 Å². The predicted octanol–water partition coefficient (Wildman–Crippen LogP) is 2.73. The molecular weight excluding hydrogens is 376 g/mol. The minimum Gasteiger partial charge on any atom is -0.477 e. The van der Waals surface area contributed by atoms with E-state index in [9.17, 15) is 0 Å². The summed E-state index contributed by atoms with van der Waals surface area (Å²) < 4.78 is 5.81. The van der Waals surface area contributed by atoms with Crippen LogP contribution in [0.1, 0.15) is 25.0 Å². The molecule has 4 rings (SSSR count). The average molecular weight is 409 g/mol. The Balaban J connectivity index is 1.57. The van der Waals surface area contributed by atoms with Gasteiger partial charge in [0.1, 0.15) is 5.82 Å². The van der Waals surface area contributed by atoms with Crippen molar-refractivity contribution < 1.29 is 4.74 Å². The van der Waals surface area contributed by atoms with E-state index in [1.54, 1.807) is 0 Å². The smallest absolute Gasteiger partial charge is 0.222 e. The van der Waals surface area contributed by atoms with Crippen molar-refractivity contribution in [1.82, 2.24) is 19.8 Å². The molecule has 30 heavy (non-hydrogen) atoms. The number of anilines is 2. The van der Waals surface area contributed by atoms with E-state index in [2.05, 4.69) is 62.6 Å². The summed E-state index contributed by atoms with van der Waals surface area (Å²) in [6.07, 6.45) is 1.11. The van der Waals surface area contributed by atoms with Gasteiger partial charge < -0.3 is 25.2 Å². The first-order chi connectivity index (χ1) is 14.4. The van der Waals surface area contributed by atoms with Gasteiger partial charge in [0, 0.05) is 50.9 Å². The molecule has 2 N–H and O–H groups in total. The molecule has 3 heterocycles. The number of benzene rings is 1. The van der Waals surface area contributed by atoms with Crippen molar-refractivity contribution in [2.75, 3.05) is 50.4 Å². The fourth-order valence-corrected chi connectivity index (χ4v) is 4.07. The normalized spacial score (nSPS) is 17.2. The Morgan fingerprint density at radius 2 is 1.83 bits per heavy atom. The van der Waals surface area contributed by atoms with Gasteiger partial charge in [-0.25, -0.2) is 4.98 Å². The molecule has 7 nitrogen and oxygen atoms in total. The maximum absolute atomic E-state index is 6.08. The molecule has 7 heteroatoms. The van der Waals surface area contributed by atoms with Crippen molar-refractivity contribution in [2.45, 2.75) is 32.9 Å². The van der Waals surface area contributed by atoms with Crippen LogP contribution in [0, 0.1) is 0 Å².